The molecule has 3 rings (SSSR count). The predicted octanol–water partition coefficient (Wildman–Crippen LogP) is 3.21. The van der Waals surface area contributed by atoms with E-state index in [0.717, 1.165) is 5.69 Å². The molecule has 1 unspecified atom stereocenters. The number of aromatic nitrogens is 2. The van der Waals surface area contributed by atoms with Gasteiger partial charge in [0.05, 0.1) is 32.1 Å². The van der Waals surface area contributed by atoms with Gasteiger partial charge in [-0.05, 0) is 37.6 Å². The van der Waals surface area contributed by atoms with Crippen LogP contribution in [-0.2, 0) is 22.4 Å². The van der Waals surface area contributed by atoms with E-state index in [1.165, 1.54) is 13.2 Å². The zero-order valence-electron chi connectivity index (χ0n) is 14.8. The van der Waals surface area contributed by atoms with E-state index in [-0.39, 0.29) is 17.5 Å². The Balaban J connectivity index is 2.08. The Kier molecular flexibility index (Phi) is 5.22. The molecule has 2 aromatic rings. The number of benzene rings is 1. The average molecular weight is 366 g/mol. The lowest BCUT2D eigenvalue weighted by Crippen LogP contribution is -2.15. The first-order chi connectivity index (χ1) is 12.4. The van der Waals surface area contributed by atoms with Crippen LogP contribution < -0.4 is 4.74 Å². The number of aryl methyl sites for hydroxylation is 1. The van der Waals surface area contributed by atoms with Gasteiger partial charge in [0.1, 0.15) is 11.6 Å². The molecule has 1 aliphatic rings. The van der Waals surface area contributed by atoms with Gasteiger partial charge in [0.2, 0.25) is 0 Å². The maximum atomic E-state index is 12.5. The van der Waals surface area contributed by atoms with E-state index in [0.29, 0.717) is 36.5 Å². The molecule has 1 aromatic carbocycles. The first-order valence-electron chi connectivity index (χ1n) is 8.25. The molecule has 0 spiro atoms. The minimum Gasteiger partial charge on any atom is -0.464 e. The van der Waals surface area contributed by atoms with Gasteiger partial charge in [0.25, 0.3) is 0 Å². The van der Waals surface area contributed by atoms with Crippen LogP contribution in [0.15, 0.2) is 18.2 Å². The van der Waals surface area contributed by atoms with Gasteiger partial charge < -0.3 is 18.8 Å². The average Bonchev–Trinajstić information content (AvgIpc) is 2.82. The van der Waals surface area contributed by atoms with E-state index in [1.54, 1.807) is 19.1 Å². The topological polar surface area (TPSA) is 62.6 Å². The number of halogens is 2. The lowest BCUT2D eigenvalue weighted by molar-refractivity contribution is -0.0502. The van der Waals surface area contributed by atoms with Crippen LogP contribution in [0.3, 0.4) is 0 Å². The molecule has 2 heterocycles. The molecule has 1 aliphatic heterocycles. The van der Waals surface area contributed by atoms with E-state index in [9.17, 15) is 13.6 Å². The van der Waals surface area contributed by atoms with Crippen molar-refractivity contribution in [3.63, 3.8) is 0 Å². The summed E-state index contributed by atoms with van der Waals surface area (Å²) in [5, 5.41) is 0. The molecule has 6 nitrogen and oxygen atoms in total. The summed E-state index contributed by atoms with van der Waals surface area (Å²) in [6.07, 6.45) is 0.491. The number of alkyl halides is 2. The molecular weight excluding hydrogens is 346 g/mol. The van der Waals surface area contributed by atoms with E-state index >= 15 is 0 Å². The second kappa shape index (κ2) is 7.41. The quantitative estimate of drug-likeness (QED) is 0.778. The van der Waals surface area contributed by atoms with Gasteiger partial charge in [-0.1, -0.05) is 0 Å². The normalized spacial score (nSPS) is 16.9. The van der Waals surface area contributed by atoms with Gasteiger partial charge in [-0.25, -0.2) is 9.78 Å². The number of hydrogen-bond acceptors (Lipinski definition) is 5. The number of ether oxygens (including phenoxy) is 3. The third kappa shape index (κ3) is 3.55. The molecule has 26 heavy (non-hydrogen) atoms. The molecule has 0 N–H and O–H groups in total. The molecule has 0 amide bonds. The second-order valence-electron chi connectivity index (χ2n) is 6.12. The van der Waals surface area contributed by atoms with E-state index in [1.807, 2.05) is 11.5 Å². The first-order valence-corrected chi connectivity index (χ1v) is 8.25. The van der Waals surface area contributed by atoms with Crippen LogP contribution >= 0.6 is 0 Å². The van der Waals surface area contributed by atoms with Crippen LogP contribution in [0.2, 0.25) is 0 Å². The number of rotatable bonds is 4. The van der Waals surface area contributed by atoms with Crippen molar-refractivity contribution in [1.82, 2.24) is 9.55 Å². The van der Waals surface area contributed by atoms with Crippen LogP contribution in [0.1, 0.15) is 28.7 Å². The molecule has 1 atom stereocenters. The molecule has 140 valence electrons. The zero-order chi connectivity index (χ0) is 18.8. The van der Waals surface area contributed by atoms with Crippen molar-refractivity contribution in [1.29, 1.82) is 0 Å². The van der Waals surface area contributed by atoms with Gasteiger partial charge in [0.15, 0.2) is 5.69 Å². The molecule has 0 aliphatic carbocycles. The van der Waals surface area contributed by atoms with Crippen molar-refractivity contribution < 1.29 is 27.8 Å². The minimum absolute atomic E-state index is 0.0442. The number of hydrogen-bond donors (Lipinski definition) is 0. The third-order valence-electron chi connectivity index (χ3n) is 4.28. The maximum Gasteiger partial charge on any atom is 0.387 e. The standard InChI is InChI=1S/C18H20F2N2O4/c1-10-8-12(4-5-14(10)26-18(19)20)16-21-15(17(23)24-3)13-6-7-25-11(2)9-22(13)16/h4-5,8,11,18H,6-7,9H2,1-3H3. The SMILES string of the molecule is COC(=O)c1nc(-c2ccc(OC(F)F)c(C)c2)n2c1CCOC(C)C2. The number of carbonyl (C=O) groups excluding carboxylic acids is 1. The Hall–Kier alpha value is -2.48. The number of nitrogens with zero attached hydrogens (tertiary/aromatic N) is 2. The molecule has 0 saturated carbocycles. The molecule has 0 radical (unpaired) electrons. The molecule has 0 fully saturated rings. The number of methoxy groups -OCH3 is 1. The van der Waals surface area contributed by atoms with Crippen LogP contribution in [0, 0.1) is 6.92 Å². The highest BCUT2D eigenvalue weighted by Crippen LogP contribution is 2.30. The Bertz CT molecular complexity index is 820. The highest BCUT2D eigenvalue weighted by atomic mass is 19.3. The van der Waals surface area contributed by atoms with Crippen molar-refractivity contribution in [3.8, 4) is 17.1 Å². The second-order valence-corrected chi connectivity index (χ2v) is 6.12. The summed E-state index contributed by atoms with van der Waals surface area (Å²) in [4.78, 5) is 16.6. The fraction of sp³-hybridized carbons (Fsp3) is 0.444. The van der Waals surface area contributed by atoms with Crippen molar-refractivity contribution in [2.75, 3.05) is 13.7 Å². The van der Waals surface area contributed by atoms with E-state index in [4.69, 9.17) is 9.47 Å². The summed E-state index contributed by atoms with van der Waals surface area (Å²) >= 11 is 0. The number of esters is 1. The predicted molar refractivity (Wildman–Crippen MR) is 89.5 cm³/mol. The van der Waals surface area contributed by atoms with Gasteiger partial charge in [-0.3, -0.25) is 0 Å². The lowest BCUT2D eigenvalue weighted by Gasteiger charge is -2.14. The van der Waals surface area contributed by atoms with Gasteiger partial charge >= 0.3 is 12.6 Å². The minimum atomic E-state index is -2.88. The van der Waals surface area contributed by atoms with Crippen LogP contribution in [0.4, 0.5) is 8.78 Å². The van der Waals surface area contributed by atoms with Gasteiger partial charge in [0, 0.05) is 12.0 Å². The van der Waals surface area contributed by atoms with Crippen molar-refractivity contribution in [2.45, 2.75) is 39.5 Å². The largest absolute Gasteiger partial charge is 0.464 e. The lowest BCUT2D eigenvalue weighted by atomic mass is 10.1. The maximum absolute atomic E-state index is 12.5. The molecule has 8 heteroatoms. The number of fused-ring (bicyclic) bond motifs is 1. The van der Waals surface area contributed by atoms with E-state index in [2.05, 4.69) is 9.72 Å². The first kappa shape index (κ1) is 18.3. The van der Waals surface area contributed by atoms with Crippen LogP contribution in [-0.4, -0.2) is 42.0 Å². The molecule has 0 bridgehead atoms. The smallest absolute Gasteiger partial charge is 0.387 e. The molecule has 1 aromatic heterocycles. The van der Waals surface area contributed by atoms with Crippen LogP contribution in [0.5, 0.6) is 5.75 Å². The Morgan fingerprint density at radius 3 is 2.85 bits per heavy atom. The molecule has 0 saturated heterocycles. The summed E-state index contributed by atoms with van der Waals surface area (Å²) < 4.78 is 41.9. The Labute approximate surface area is 149 Å². The third-order valence-corrected chi connectivity index (χ3v) is 4.28. The fourth-order valence-electron chi connectivity index (χ4n) is 3.10. The van der Waals surface area contributed by atoms with Crippen molar-refractivity contribution >= 4 is 5.97 Å². The monoisotopic (exact) mass is 366 g/mol. The number of carbonyl (C=O) groups is 1. The molecular formula is C18H20F2N2O4. The number of imidazole rings is 1. The van der Waals surface area contributed by atoms with Crippen molar-refractivity contribution in [3.05, 3.63) is 35.2 Å². The van der Waals surface area contributed by atoms with Crippen LogP contribution in [0.25, 0.3) is 11.4 Å². The Morgan fingerprint density at radius 1 is 1.42 bits per heavy atom. The Morgan fingerprint density at radius 2 is 2.19 bits per heavy atom. The fourth-order valence-corrected chi connectivity index (χ4v) is 3.10. The highest BCUT2D eigenvalue weighted by Gasteiger charge is 2.27. The van der Waals surface area contributed by atoms with Gasteiger partial charge in [-0.15, -0.1) is 0 Å². The summed E-state index contributed by atoms with van der Waals surface area (Å²) in [7, 11) is 1.31. The summed E-state index contributed by atoms with van der Waals surface area (Å²) in [5.41, 5.74) is 2.26. The van der Waals surface area contributed by atoms with E-state index < -0.39 is 12.6 Å². The van der Waals surface area contributed by atoms with Crippen molar-refractivity contribution in [2.24, 2.45) is 0 Å². The highest BCUT2D eigenvalue weighted by molar-refractivity contribution is 5.89. The summed E-state index contributed by atoms with van der Waals surface area (Å²) in [5.74, 6) is 0.171. The summed E-state index contributed by atoms with van der Waals surface area (Å²) in [6, 6.07) is 4.84. The van der Waals surface area contributed by atoms with Gasteiger partial charge in [-0.2, -0.15) is 8.78 Å². The summed E-state index contributed by atoms with van der Waals surface area (Å²) in [6.45, 7) is 1.76. The zero-order valence-corrected chi connectivity index (χ0v) is 14.8.